The third kappa shape index (κ3) is 3.50. The van der Waals surface area contributed by atoms with Crippen LogP contribution < -0.4 is 5.32 Å². The molecule has 4 rings (SSSR count). The molecule has 0 unspecified atom stereocenters. The van der Waals surface area contributed by atoms with Gasteiger partial charge in [-0.25, -0.2) is 14.5 Å². The average molecular weight is 364 g/mol. The van der Waals surface area contributed by atoms with Crippen LogP contribution in [-0.4, -0.2) is 35.9 Å². The van der Waals surface area contributed by atoms with Crippen LogP contribution in [0.1, 0.15) is 29.8 Å². The lowest BCUT2D eigenvalue weighted by Crippen LogP contribution is -2.02. The zero-order valence-electron chi connectivity index (χ0n) is 15.7. The van der Waals surface area contributed by atoms with Gasteiger partial charge < -0.3 is 15.0 Å². The Morgan fingerprint density at radius 3 is 2.89 bits per heavy atom. The maximum atomic E-state index is 8.93. The van der Waals surface area contributed by atoms with Gasteiger partial charge in [-0.05, 0) is 51.0 Å². The standard InChI is InChI=1S/C20H24N6O/c1-14-9-15(2)26-20(24-14)16(12-23-26)11-21-17-5-6-19-18(10-17)22-13-25(19)7-3-4-8-27/h5-6,9-10,12-13,21,27H,3-4,7-8,11H2,1-2H3. The zero-order chi connectivity index (χ0) is 18.8. The third-order valence-electron chi connectivity index (χ3n) is 4.76. The normalized spacial score (nSPS) is 11.5. The van der Waals surface area contributed by atoms with Gasteiger partial charge in [-0.1, -0.05) is 0 Å². The molecule has 0 aliphatic carbocycles. The van der Waals surface area contributed by atoms with Crippen LogP contribution in [0, 0.1) is 13.8 Å². The molecule has 7 heteroatoms. The molecule has 0 saturated heterocycles. The summed E-state index contributed by atoms with van der Waals surface area (Å²) in [4.78, 5) is 9.13. The number of aromatic nitrogens is 5. The Morgan fingerprint density at radius 2 is 2.04 bits per heavy atom. The fraction of sp³-hybridized carbons (Fsp3) is 0.350. The van der Waals surface area contributed by atoms with E-state index in [0.29, 0.717) is 6.54 Å². The van der Waals surface area contributed by atoms with E-state index in [4.69, 9.17) is 5.11 Å². The van der Waals surface area contributed by atoms with E-state index in [9.17, 15) is 0 Å². The smallest absolute Gasteiger partial charge is 0.160 e. The Bertz CT molecular complexity index is 1080. The van der Waals surface area contributed by atoms with Gasteiger partial charge >= 0.3 is 0 Å². The first-order chi connectivity index (χ1) is 13.2. The molecule has 1 aromatic carbocycles. The highest BCUT2D eigenvalue weighted by Crippen LogP contribution is 2.20. The Balaban J connectivity index is 1.51. The first-order valence-corrected chi connectivity index (χ1v) is 9.26. The van der Waals surface area contributed by atoms with Crippen molar-refractivity contribution in [1.82, 2.24) is 24.1 Å². The van der Waals surface area contributed by atoms with Gasteiger partial charge in [0.15, 0.2) is 5.65 Å². The lowest BCUT2D eigenvalue weighted by molar-refractivity contribution is 0.281. The van der Waals surface area contributed by atoms with Crippen LogP contribution >= 0.6 is 0 Å². The van der Waals surface area contributed by atoms with Crippen LogP contribution in [0.5, 0.6) is 0 Å². The van der Waals surface area contributed by atoms with Gasteiger partial charge in [-0.3, -0.25) is 0 Å². The summed E-state index contributed by atoms with van der Waals surface area (Å²) in [5, 5.41) is 16.8. The Morgan fingerprint density at radius 1 is 1.15 bits per heavy atom. The highest BCUT2D eigenvalue weighted by atomic mass is 16.2. The Labute approximate surface area is 157 Å². The number of hydrogen-bond donors (Lipinski definition) is 2. The number of anilines is 1. The molecule has 0 saturated carbocycles. The Kier molecular flexibility index (Phi) is 4.77. The monoisotopic (exact) mass is 364 g/mol. The molecule has 2 N–H and O–H groups in total. The lowest BCUT2D eigenvalue weighted by atomic mass is 10.2. The molecule has 0 atom stereocenters. The largest absolute Gasteiger partial charge is 0.396 e. The van der Waals surface area contributed by atoms with Gasteiger partial charge in [0.25, 0.3) is 0 Å². The minimum atomic E-state index is 0.234. The lowest BCUT2D eigenvalue weighted by Gasteiger charge is -2.07. The number of aryl methyl sites for hydroxylation is 3. The van der Waals surface area contributed by atoms with Crippen molar-refractivity contribution in [2.75, 3.05) is 11.9 Å². The number of nitrogens with zero attached hydrogens (tertiary/aromatic N) is 5. The number of nitrogens with one attached hydrogen (secondary N) is 1. The summed E-state index contributed by atoms with van der Waals surface area (Å²) in [6, 6.07) is 8.25. The van der Waals surface area contributed by atoms with E-state index in [-0.39, 0.29) is 6.61 Å². The number of aliphatic hydroxyl groups excluding tert-OH is 1. The second kappa shape index (κ2) is 7.36. The fourth-order valence-corrected chi connectivity index (χ4v) is 3.38. The van der Waals surface area contributed by atoms with Crippen LogP contribution in [0.3, 0.4) is 0 Å². The summed E-state index contributed by atoms with van der Waals surface area (Å²) in [5.41, 5.74) is 7.14. The van der Waals surface area contributed by atoms with Crippen LogP contribution in [-0.2, 0) is 13.1 Å². The molecule has 140 valence electrons. The quantitative estimate of drug-likeness (QED) is 0.493. The van der Waals surface area contributed by atoms with E-state index in [2.05, 4.69) is 43.1 Å². The van der Waals surface area contributed by atoms with Crippen LogP contribution in [0.15, 0.2) is 36.8 Å². The minimum absolute atomic E-state index is 0.234. The second-order valence-electron chi connectivity index (χ2n) is 6.87. The fourth-order valence-electron chi connectivity index (χ4n) is 3.38. The van der Waals surface area contributed by atoms with Gasteiger partial charge in [0.2, 0.25) is 0 Å². The molecule has 3 heterocycles. The second-order valence-corrected chi connectivity index (χ2v) is 6.87. The van der Waals surface area contributed by atoms with Crippen molar-refractivity contribution in [2.45, 2.75) is 39.8 Å². The number of rotatable bonds is 7. The molecule has 3 aromatic heterocycles. The number of aliphatic hydroxyl groups is 1. The summed E-state index contributed by atoms with van der Waals surface area (Å²) < 4.78 is 4.01. The highest BCUT2D eigenvalue weighted by Gasteiger charge is 2.09. The summed E-state index contributed by atoms with van der Waals surface area (Å²) in [6.45, 7) is 5.80. The van der Waals surface area contributed by atoms with Crippen LogP contribution in [0.25, 0.3) is 16.7 Å². The molecule has 4 aromatic rings. The minimum Gasteiger partial charge on any atom is -0.396 e. The summed E-state index contributed by atoms with van der Waals surface area (Å²) >= 11 is 0. The molecule has 0 fully saturated rings. The van der Waals surface area contributed by atoms with Crippen molar-refractivity contribution in [3.8, 4) is 0 Å². The zero-order valence-corrected chi connectivity index (χ0v) is 15.7. The SMILES string of the molecule is Cc1cc(C)n2ncc(CNc3ccc4c(c3)ncn4CCCCO)c2n1. The number of unbranched alkanes of at least 4 members (excludes halogenated alkanes) is 1. The molecular formula is C20H24N6O. The molecular weight excluding hydrogens is 340 g/mol. The maximum Gasteiger partial charge on any atom is 0.160 e. The predicted molar refractivity (Wildman–Crippen MR) is 106 cm³/mol. The van der Waals surface area contributed by atoms with Gasteiger partial charge in [-0.15, -0.1) is 0 Å². The van der Waals surface area contributed by atoms with E-state index >= 15 is 0 Å². The average Bonchev–Trinajstić information content (AvgIpc) is 3.24. The number of benzene rings is 1. The van der Waals surface area contributed by atoms with Crippen molar-refractivity contribution >= 4 is 22.4 Å². The van der Waals surface area contributed by atoms with Crippen molar-refractivity contribution < 1.29 is 5.11 Å². The summed E-state index contributed by atoms with van der Waals surface area (Å²) in [7, 11) is 0. The molecule has 27 heavy (non-hydrogen) atoms. The van der Waals surface area contributed by atoms with E-state index in [0.717, 1.165) is 58.7 Å². The van der Waals surface area contributed by atoms with E-state index in [1.54, 1.807) is 0 Å². The molecule has 0 radical (unpaired) electrons. The van der Waals surface area contributed by atoms with Gasteiger partial charge in [0.1, 0.15) is 0 Å². The van der Waals surface area contributed by atoms with Crippen LogP contribution in [0.4, 0.5) is 5.69 Å². The van der Waals surface area contributed by atoms with E-state index < -0.39 is 0 Å². The van der Waals surface area contributed by atoms with Gasteiger partial charge in [0, 0.05) is 42.3 Å². The number of fused-ring (bicyclic) bond motifs is 2. The molecule has 0 bridgehead atoms. The molecule has 0 aliphatic rings. The first-order valence-electron chi connectivity index (χ1n) is 9.26. The maximum absolute atomic E-state index is 8.93. The molecule has 0 aliphatic heterocycles. The molecule has 0 amide bonds. The third-order valence-corrected chi connectivity index (χ3v) is 4.76. The summed E-state index contributed by atoms with van der Waals surface area (Å²) in [5.74, 6) is 0. The van der Waals surface area contributed by atoms with Gasteiger partial charge in [0.05, 0.1) is 23.6 Å². The van der Waals surface area contributed by atoms with Crippen molar-refractivity contribution in [2.24, 2.45) is 0 Å². The van der Waals surface area contributed by atoms with E-state index in [1.165, 1.54) is 0 Å². The highest BCUT2D eigenvalue weighted by molar-refractivity contribution is 5.79. The molecule has 7 nitrogen and oxygen atoms in total. The predicted octanol–water partition coefficient (Wildman–Crippen LogP) is 3.08. The topological polar surface area (TPSA) is 80.3 Å². The number of imidazole rings is 1. The molecule has 0 spiro atoms. The van der Waals surface area contributed by atoms with Gasteiger partial charge in [-0.2, -0.15) is 5.10 Å². The van der Waals surface area contributed by atoms with Crippen molar-refractivity contribution in [3.05, 3.63) is 53.7 Å². The van der Waals surface area contributed by atoms with E-state index in [1.807, 2.05) is 37.0 Å². The van der Waals surface area contributed by atoms with Crippen LogP contribution in [0.2, 0.25) is 0 Å². The first kappa shape index (κ1) is 17.5. The van der Waals surface area contributed by atoms with Crippen molar-refractivity contribution in [1.29, 1.82) is 0 Å². The van der Waals surface area contributed by atoms with Crippen molar-refractivity contribution in [3.63, 3.8) is 0 Å². The number of hydrogen-bond acceptors (Lipinski definition) is 5. The Hall–Kier alpha value is -2.93. The summed E-state index contributed by atoms with van der Waals surface area (Å²) in [6.07, 6.45) is 5.50.